The lowest BCUT2D eigenvalue weighted by Gasteiger charge is -2.14. The second-order valence-corrected chi connectivity index (χ2v) is 7.34. The van der Waals surface area contributed by atoms with Crippen molar-refractivity contribution in [1.29, 1.82) is 0 Å². The number of benzene rings is 2. The van der Waals surface area contributed by atoms with Crippen LogP contribution < -0.4 is 0 Å². The number of carbonyl (C=O) groups is 1. The molecule has 0 N–H and O–H groups in total. The van der Waals surface area contributed by atoms with E-state index in [4.69, 9.17) is 0 Å². The zero-order valence-electron chi connectivity index (χ0n) is 13.1. The van der Waals surface area contributed by atoms with Gasteiger partial charge in [0, 0.05) is 29.6 Å². The average molecular weight is 327 g/mol. The maximum atomic E-state index is 12.2. The molecule has 120 valence electrons. The molecule has 4 heteroatoms. The number of likely N-dealkylation sites (tertiary alicyclic amines) is 1. The van der Waals surface area contributed by atoms with Crippen molar-refractivity contribution in [3.05, 3.63) is 60.2 Å². The lowest BCUT2D eigenvalue weighted by atomic mass is 10.0. The first-order valence-corrected chi connectivity index (χ1v) is 9.48. The van der Waals surface area contributed by atoms with E-state index in [1.165, 1.54) is 5.56 Å². The quantitative estimate of drug-likeness (QED) is 0.845. The van der Waals surface area contributed by atoms with E-state index in [1.54, 1.807) is 0 Å². The van der Waals surface area contributed by atoms with Crippen molar-refractivity contribution in [2.24, 2.45) is 0 Å². The van der Waals surface area contributed by atoms with Crippen LogP contribution in [-0.4, -0.2) is 33.9 Å². The van der Waals surface area contributed by atoms with Crippen LogP contribution in [0.4, 0.5) is 0 Å². The first kappa shape index (κ1) is 15.9. The fourth-order valence-electron chi connectivity index (χ4n) is 2.86. The molecule has 2 aromatic rings. The van der Waals surface area contributed by atoms with Gasteiger partial charge >= 0.3 is 0 Å². The van der Waals surface area contributed by atoms with Gasteiger partial charge in [-0.05, 0) is 29.5 Å². The SMILES string of the molecule is O=C(CS(=O)Cc1ccc(-c2ccccc2)cc1)N1CCCC1. The van der Waals surface area contributed by atoms with Gasteiger partial charge in [0.15, 0.2) is 0 Å². The number of amides is 1. The minimum absolute atomic E-state index is 0.0294. The van der Waals surface area contributed by atoms with Crippen LogP contribution in [0.25, 0.3) is 11.1 Å². The molecule has 1 unspecified atom stereocenters. The standard InChI is InChI=1S/C19H21NO2S/c21-19(20-12-4-5-13-20)15-23(22)14-16-8-10-18(11-9-16)17-6-2-1-3-7-17/h1-3,6-11H,4-5,12-15H2. The second kappa shape index (κ2) is 7.55. The lowest BCUT2D eigenvalue weighted by molar-refractivity contribution is -0.127. The molecule has 1 aliphatic heterocycles. The van der Waals surface area contributed by atoms with E-state index < -0.39 is 10.8 Å². The molecule has 1 aliphatic rings. The molecule has 2 aromatic carbocycles. The van der Waals surface area contributed by atoms with Gasteiger partial charge in [0.2, 0.25) is 5.91 Å². The number of hydrogen-bond acceptors (Lipinski definition) is 2. The summed E-state index contributed by atoms with van der Waals surface area (Å²) >= 11 is 0. The summed E-state index contributed by atoms with van der Waals surface area (Å²) in [6, 6.07) is 18.3. The number of hydrogen-bond donors (Lipinski definition) is 0. The van der Waals surface area contributed by atoms with Gasteiger partial charge in [-0.15, -0.1) is 0 Å². The Bertz CT molecular complexity index is 676. The van der Waals surface area contributed by atoms with Crippen LogP contribution in [0.15, 0.2) is 54.6 Å². The maximum Gasteiger partial charge on any atom is 0.235 e. The molecule has 0 radical (unpaired) electrons. The van der Waals surface area contributed by atoms with Crippen LogP contribution in [-0.2, 0) is 21.3 Å². The number of rotatable bonds is 5. The molecule has 3 nitrogen and oxygen atoms in total. The van der Waals surface area contributed by atoms with Gasteiger partial charge in [0.05, 0.1) is 0 Å². The van der Waals surface area contributed by atoms with Crippen molar-refractivity contribution < 1.29 is 9.00 Å². The zero-order valence-corrected chi connectivity index (χ0v) is 13.9. The van der Waals surface area contributed by atoms with Crippen molar-refractivity contribution >= 4 is 16.7 Å². The highest BCUT2D eigenvalue weighted by atomic mass is 32.2. The van der Waals surface area contributed by atoms with E-state index in [-0.39, 0.29) is 11.7 Å². The third-order valence-corrected chi connectivity index (χ3v) is 5.36. The van der Waals surface area contributed by atoms with Gasteiger partial charge in [0.25, 0.3) is 0 Å². The Balaban J connectivity index is 1.57. The maximum absolute atomic E-state index is 12.2. The predicted molar refractivity (Wildman–Crippen MR) is 94.4 cm³/mol. The molecule has 0 saturated carbocycles. The molecule has 0 spiro atoms. The highest BCUT2D eigenvalue weighted by Crippen LogP contribution is 2.19. The number of carbonyl (C=O) groups excluding carboxylic acids is 1. The highest BCUT2D eigenvalue weighted by molar-refractivity contribution is 7.84. The molecule has 1 atom stereocenters. The van der Waals surface area contributed by atoms with Crippen LogP contribution >= 0.6 is 0 Å². The van der Waals surface area contributed by atoms with Crippen molar-refractivity contribution in [1.82, 2.24) is 4.90 Å². The zero-order chi connectivity index (χ0) is 16.1. The molecule has 1 saturated heterocycles. The molecule has 1 fully saturated rings. The molecular weight excluding hydrogens is 306 g/mol. The van der Waals surface area contributed by atoms with E-state index in [0.29, 0.717) is 5.75 Å². The minimum atomic E-state index is -1.14. The van der Waals surface area contributed by atoms with Crippen molar-refractivity contribution in [3.8, 4) is 11.1 Å². The second-order valence-electron chi connectivity index (χ2n) is 5.88. The minimum Gasteiger partial charge on any atom is -0.342 e. The fraction of sp³-hybridized carbons (Fsp3) is 0.316. The lowest BCUT2D eigenvalue weighted by Crippen LogP contribution is -2.31. The van der Waals surface area contributed by atoms with E-state index in [9.17, 15) is 9.00 Å². The van der Waals surface area contributed by atoms with E-state index >= 15 is 0 Å². The van der Waals surface area contributed by atoms with Gasteiger partial charge in [-0.3, -0.25) is 9.00 Å². The Hall–Kier alpha value is -1.94. The molecule has 0 aromatic heterocycles. The van der Waals surface area contributed by atoms with Gasteiger partial charge in [-0.1, -0.05) is 54.6 Å². The third kappa shape index (κ3) is 4.29. The van der Waals surface area contributed by atoms with Crippen LogP contribution in [0.1, 0.15) is 18.4 Å². The number of nitrogens with zero attached hydrogens (tertiary/aromatic N) is 1. The normalized spacial score (nSPS) is 15.6. The Morgan fingerprint density at radius 1 is 0.913 bits per heavy atom. The highest BCUT2D eigenvalue weighted by Gasteiger charge is 2.19. The summed E-state index contributed by atoms with van der Waals surface area (Å²) < 4.78 is 12.2. The summed E-state index contributed by atoms with van der Waals surface area (Å²) in [5, 5.41) is 0. The van der Waals surface area contributed by atoms with E-state index in [0.717, 1.165) is 37.1 Å². The predicted octanol–water partition coefficient (Wildman–Crippen LogP) is 3.22. The summed E-state index contributed by atoms with van der Waals surface area (Å²) in [4.78, 5) is 13.8. The fourth-order valence-corrected chi connectivity index (χ4v) is 3.98. The molecule has 0 aliphatic carbocycles. The molecule has 0 bridgehead atoms. The largest absolute Gasteiger partial charge is 0.342 e. The van der Waals surface area contributed by atoms with Gasteiger partial charge < -0.3 is 4.90 Å². The van der Waals surface area contributed by atoms with Gasteiger partial charge in [0.1, 0.15) is 5.75 Å². The summed E-state index contributed by atoms with van der Waals surface area (Å²) in [6.45, 7) is 1.64. The topological polar surface area (TPSA) is 37.4 Å². The summed E-state index contributed by atoms with van der Waals surface area (Å²) in [5.74, 6) is 0.608. The van der Waals surface area contributed by atoms with E-state index in [2.05, 4.69) is 12.1 Å². The molecule has 3 rings (SSSR count). The Kier molecular flexibility index (Phi) is 5.23. The summed E-state index contributed by atoms with van der Waals surface area (Å²) in [5.41, 5.74) is 3.33. The monoisotopic (exact) mass is 327 g/mol. The van der Waals surface area contributed by atoms with E-state index in [1.807, 2.05) is 47.4 Å². The summed E-state index contributed by atoms with van der Waals surface area (Å²) in [6.07, 6.45) is 2.14. The van der Waals surface area contributed by atoms with Crippen LogP contribution in [0.5, 0.6) is 0 Å². The van der Waals surface area contributed by atoms with Crippen molar-refractivity contribution in [3.63, 3.8) is 0 Å². The Morgan fingerprint density at radius 2 is 1.52 bits per heavy atom. The third-order valence-electron chi connectivity index (χ3n) is 4.13. The van der Waals surface area contributed by atoms with Crippen molar-refractivity contribution in [2.45, 2.75) is 18.6 Å². The average Bonchev–Trinajstić information content (AvgIpc) is 3.11. The molecule has 23 heavy (non-hydrogen) atoms. The van der Waals surface area contributed by atoms with Crippen LogP contribution in [0, 0.1) is 0 Å². The Morgan fingerprint density at radius 3 is 2.17 bits per heavy atom. The van der Waals surface area contributed by atoms with Crippen LogP contribution in [0.2, 0.25) is 0 Å². The summed E-state index contributed by atoms with van der Waals surface area (Å²) in [7, 11) is -1.14. The van der Waals surface area contributed by atoms with Gasteiger partial charge in [-0.2, -0.15) is 0 Å². The molecule has 1 heterocycles. The van der Waals surface area contributed by atoms with Crippen molar-refractivity contribution in [2.75, 3.05) is 18.8 Å². The van der Waals surface area contributed by atoms with Crippen LogP contribution in [0.3, 0.4) is 0 Å². The Labute approximate surface area is 139 Å². The molecule has 1 amide bonds. The molecular formula is C19H21NO2S. The van der Waals surface area contributed by atoms with Gasteiger partial charge in [-0.25, -0.2) is 0 Å². The first-order chi connectivity index (χ1) is 11.2. The first-order valence-electron chi connectivity index (χ1n) is 7.99. The smallest absolute Gasteiger partial charge is 0.235 e.